The van der Waals surface area contributed by atoms with Crippen molar-refractivity contribution in [3.63, 3.8) is 0 Å². The fraction of sp³-hybridized carbons (Fsp3) is 0.294. The Bertz CT molecular complexity index is 869. The summed E-state index contributed by atoms with van der Waals surface area (Å²) < 4.78 is 19.4. The second-order valence-corrected chi connectivity index (χ2v) is 6.03. The minimum absolute atomic E-state index is 0.121. The van der Waals surface area contributed by atoms with Gasteiger partial charge in [0.2, 0.25) is 17.6 Å². The Morgan fingerprint density at radius 2 is 2.16 bits per heavy atom. The molecule has 8 heteroatoms. The zero-order valence-electron chi connectivity index (χ0n) is 13.7. The summed E-state index contributed by atoms with van der Waals surface area (Å²) in [6.07, 6.45) is 5.71. The van der Waals surface area contributed by atoms with Gasteiger partial charge in [0.05, 0.1) is 6.20 Å². The van der Waals surface area contributed by atoms with Crippen molar-refractivity contribution in [1.29, 1.82) is 0 Å². The first-order valence-corrected chi connectivity index (χ1v) is 8.06. The molecule has 4 heterocycles. The molecule has 3 aromatic rings. The number of ether oxygens (including phenoxy) is 1. The number of nitrogens with zero attached hydrogens (tertiary/aromatic N) is 5. The molecule has 0 unspecified atom stereocenters. The number of aromatic amines is 1. The third-order valence-electron chi connectivity index (χ3n) is 4.23. The first kappa shape index (κ1) is 15.5. The summed E-state index contributed by atoms with van der Waals surface area (Å²) in [5.41, 5.74) is 2.06. The Morgan fingerprint density at radius 1 is 1.32 bits per heavy atom. The first-order valence-electron chi connectivity index (χ1n) is 8.06. The van der Waals surface area contributed by atoms with Crippen molar-refractivity contribution >= 4 is 5.95 Å². The monoisotopic (exact) mass is 340 g/mol. The Morgan fingerprint density at radius 3 is 2.92 bits per heavy atom. The molecule has 1 N–H and O–H groups in total. The molecule has 0 bridgehead atoms. The van der Waals surface area contributed by atoms with Crippen molar-refractivity contribution in [2.45, 2.75) is 19.3 Å². The van der Waals surface area contributed by atoms with E-state index in [-0.39, 0.29) is 11.8 Å². The lowest BCUT2D eigenvalue weighted by molar-refractivity contribution is 0.405. The number of aromatic nitrogens is 5. The van der Waals surface area contributed by atoms with Crippen LogP contribution in [0.15, 0.2) is 36.8 Å². The van der Waals surface area contributed by atoms with E-state index in [9.17, 15) is 4.39 Å². The molecule has 4 rings (SSSR count). The van der Waals surface area contributed by atoms with Crippen molar-refractivity contribution in [1.82, 2.24) is 25.1 Å². The highest BCUT2D eigenvalue weighted by Crippen LogP contribution is 2.30. The van der Waals surface area contributed by atoms with E-state index in [1.807, 2.05) is 24.0 Å². The molecule has 3 aromatic heterocycles. The van der Waals surface area contributed by atoms with Crippen LogP contribution < -0.4 is 9.64 Å². The van der Waals surface area contributed by atoms with E-state index < -0.39 is 5.82 Å². The van der Waals surface area contributed by atoms with E-state index in [0.29, 0.717) is 11.9 Å². The topological polar surface area (TPSA) is 79.8 Å². The fourth-order valence-electron chi connectivity index (χ4n) is 2.96. The van der Waals surface area contributed by atoms with Crippen molar-refractivity contribution in [3.8, 4) is 11.8 Å². The van der Waals surface area contributed by atoms with Crippen LogP contribution in [-0.2, 0) is 0 Å². The van der Waals surface area contributed by atoms with Gasteiger partial charge in [-0.15, -0.1) is 5.10 Å². The number of anilines is 1. The number of halogens is 1. The normalized spacial score (nSPS) is 17.0. The van der Waals surface area contributed by atoms with Crippen molar-refractivity contribution < 1.29 is 9.13 Å². The SMILES string of the molecule is Cc1cc(Oc2nc(N3CC[C@@H](c4ccncc4)C3)ncc2F)n[nH]1. The molecule has 1 saturated heterocycles. The largest absolute Gasteiger partial charge is 0.416 e. The molecule has 128 valence electrons. The van der Waals surface area contributed by atoms with E-state index >= 15 is 0 Å². The van der Waals surface area contributed by atoms with E-state index in [1.165, 1.54) is 5.56 Å². The number of aryl methyl sites for hydroxylation is 1. The zero-order valence-corrected chi connectivity index (χ0v) is 13.7. The predicted octanol–water partition coefficient (Wildman–Crippen LogP) is 2.83. The van der Waals surface area contributed by atoms with E-state index in [2.05, 4.69) is 25.1 Å². The second kappa shape index (κ2) is 6.46. The van der Waals surface area contributed by atoms with Crippen molar-refractivity contribution in [3.05, 3.63) is 53.9 Å². The molecule has 0 spiro atoms. The van der Waals surface area contributed by atoms with Gasteiger partial charge >= 0.3 is 0 Å². The van der Waals surface area contributed by atoms with Crippen LogP contribution in [0.1, 0.15) is 23.6 Å². The van der Waals surface area contributed by atoms with Gasteiger partial charge in [0.1, 0.15) is 0 Å². The van der Waals surface area contributed by atoms with E-state index in [0.717, 1.165) is 31.4 Å². The Labute approximate surface area is 143 Å². The number of pyridine rings is 1. The smallest absolute Gasteiger partial charge is 0.262 e. The lowest BCUT2D eigenvalue weighted by Gasteiger charge is -2.17. The van der Waals surface area contributed by atoms with Gasteiger partial charge in [0, 0.05) is 43.2 Å². The average molecular weight is 340 g/mol. The number of H-pyrrole nitrogens is 1. The quantitative estimate of drug-likeness (QED) is 0.787. The third-order valence-corrected chi connectivity index (χ3v) is 4.23. The number of hydrogen-bond donors (Lipinski definition) is 1. The number of nitrogens with one attached hydrogen (secondary N) is 1. The molecule has 0 aromatic carbocycles. The maximum atomic E-state index is 14.0. The molecule has 0 saturated carbocycles. The van der Waals surface area contributed by atoms with Crippen LogP contribution in [0.2, 0.25) is 0 Å². The van der Waals surface area contributed by atoms with Crippen molar-refractivity contribution in [2.75, 3.05) is 18.0 Å². The molecule has 25 heavy (non-hydrogen) atoms. The molecular formula is C17H17FN6O. The van der Waals surface area contributed by atoms with Gasteiger partial charge in [-0.3, -0.25) is 10.1 Å². The van der Waals surface area contributed by atoms with E-state index in [1.54, 1.807) is 18.5 Å². The van der Waals surface area contributed by atoms with Crippen LogP contribution in [0, 0.1) is 12.7 Å². The van der Waals surface area contributed by atoms with Gasteiger partial charge in [-0.2, -0.15) is 9.37 Å². The summed E-state index contributed by atoms with van der Waals surface area (Å²) in [6, 6.07) is 5.72. The molecule has 0 radical (unpaired) electrons. The molecule has 7 nitrogen and oxygen atoms in total. The Balaban J connectivity index is 1.52. The molecule has 0 aliphatic carbocycles. The highest BCUT2D eigenvalue weighted by Gasteiger charge is 2.26. The summed E-state index contributed by atoms with van der Waals surface area (Å²) >= 11 is 0. The average Bonchev–Trinajstić information content (AvgIpc) is 3.27. The van der Waals surface area contributed by atoms with Crippen LogP contribution in [0.4, 0.5) is 10.3 Å². The van der Waals surface area contributed by atoms with E-state index in [4.69, 9.17) is 4.74 Å². The van der Waals surface area contributed by atoms with Gasteiger partial charge in [-0.1, -0.05) is 0 Å². The minimum Gasteiger partial charge on any atom is -0.416 e. The Hall–Kier alpha value is -3.03. The van der Waals surface area contributed by atoms with Crippen LogP contribution >= 0.6 is 0 Å². The van der Waals surface area contributed by atoms with Gasteiger partial charge < -0.3 is 9.64 Å². The third kappa shape index (κ3) is 3.28. The van der Waals surface area contributed by atoms with Crippen LogP contribution in [0.25, 0.3) is 0 Å². The highest BCUT2D eigenvalue weighted by molar-refractivity contribution is 5.37. The lowest BCUT2D eigenvalue weighted by Crippen LogP contribution is -2.22. The second-order valence-electron chi connectivity index (χ2n) is 6.03. The summed E-state index contributed by atoms with van der Waals surface area (Å²) in [4.78, 5) is 14.4. The minimum atomic E-state index is -0.616. The molecule has 1 aliphatic rings. The maximum absolute atomic E-state index is 14.0. The van der Waals surface area contributed by atoms with Gasteiger partial charge in [0.25, 0.3) is 5.88 Å². The van der Waals surface area contributed by atoms with Gasteiger partial charge in [0.15, 0.2) is 0 Å². The lowest BCUT2D eigenvalue weighted by atomic mass is 10.00. The van der Waals surface area contributed by atoms with Crippen LogP contribution in [0.3, 0.4) is 0 Å². The molecule has 1 atom stereocenters. The Kier molecular flexibility index (Phi) is 4.01. The number of rotatable bonds is 4. The summed E-state index contributed by atoms with van der Waals surface area (Å²) in [6.45, 7) is 3.42. The molecule has 1 aliphatic heterocycles. The van der Waals surface area contributed by atoms with Crippen molar-refractivity contribution in [2.24, 2.45) is 0 Å². The highest BCUT2D eigenvalue weighted by atomic mass is 19.1. The molecular weight excluding hydrogens is 323 g/mol. The fourth-order valence-corrected chi connectivity index (χ4v) is 2.96. The van der Waals surface area contributed by atoms with Crippen LogP contribution in [0.5, 0.6) is 11.8 Å². The van der Waals surface area contributed by atoms with Gasteiger partial charge in [-0.05, 0) is 31.0 Å². The molecule has 1 fully saturated rings. The summed E-state index contributed by atoms with van der Waals surface area (Å²) in [5.74, 6) is 0.380. The van der Waals surface area contributed by atoms with Gasteiger partial charge in [-0.25, -0.2) is 4.98 Å². The maximum Gasteiger partial charge on any atom is 0.262 e. The van der Waals surface area contributed by atoms with Crippen LogP contribution in [-0.4, -0.2) is 38.2 Å². The zero-order chi connectivity index (χ0) is 17.2. The standard InChI is InChI=1S/C17H17FN6O/c1-11-8-15(23-22-11)25-16-14(18)9-20-17(21-16)24-7-4-13(10-24)12-2-5-19-6-3-12/h2-3,5-6,8-9,13H,4,7,10H2,1H3,(H,22,23)/t13-/m1/s1. The molecule has 0 amide bonds. The number of hydrogen-bond acceptors (Lipinski definition) is 6. The summed E-state index contributed by atoms with van der Waals surface area (Å²) in [7, 11) is 0. The first-order chi connectivity index (χ1) is 12.2. The summed E-state index contributed by atoms with van der Waals surface area (Å²) in [5, 5.41) is 6.68. The predicted molar refractivity (Wildman–Crippen MR) is 89.2 cm³/mol.